The van der Waals surface area contributed by atoms with Crippen LogP contribution in [0.5, 0.6) is 0 Å². The Kier molecular flexibility index (Phi) is 4.61. The number of rotatable bonds is 5. The van der Waals surface area contributed by atoms with E-state index in [1.807, 2.05) is 12.1 Å². The Hall–Kier alpha value is -2.75. The second kappa shape index (κ2) is 6.61. The van der Waals surface area contributed by atoms with E-state index in [4.69, 9.17) is 5.41 Å². The molecule has 0 heterocycles. The van der Waals surface area contributed by atoms with Crippen LogP contribution in [-0.2, 0) is 9.59 Å². The van der Waals surface area contributed by atoms with Gasteiger partial charge in [0.15, 0.2) is 0 Å². The van der Waals surface area contributed by atoms with E-state index in [-0.39, 0.29) is 11.5 Å². The monoisotopic (exact) mass is 280 g/mol. The van der Waals surface area contributed by atoms with Crippen LogP contribution in [0.1, 0.15) is 12.5 Å². The summed E-state index contributed by atoms with van der Waals surface area (Å²) in [5, 5.41) is 10.8. The van der Waals surface area contributed by atoms with Crippen molar-refractivity contribution in [2.45, 2.75) is 6.92 Å². The first-order chi connectivity index (χ1) is 10.1. The molecule has 0 bridgehead atoms. The smallest absolute Gasteiger partial charge is 0.241 e. The van der Waals surface area contributed by atoms with Crippen LogP contribution >= 0.6 is 0 Å². The molecule has 1 amide bonds. The lowest BCUT2D eigenvalue weighted by molar-refractivity contribution is -0.127. The molecule has 0 fully saturated rings. The summed E-state index contributed by atoms with van der Waals surface area (Å²) < 4.78 is 0. The van der Waals surface area contributed by atoms with E-state index < -0.39 is 11.8 Å². The first-order valence-corrected chi connectivity index (χ1v) is 6.60. The van der Waals surface area contributed by atoms with Gasteiger partial charge in [0, 0.05) is 5.69 Å². The van der Waals surface area contributed by atoms with Crippen LogP contribution in [0.2, 0.25) is 0 Å². The molecule has 0 aromatic heterocycles. The molecular weight excluding hydrogens is 264 g/mol. The van der Waals surface area contributed by atoms with Gasteiger partial charge >= 0.3 is 0 Å². The lowest BCUT2D eigenvalue weighted by atomic mass is 9.92. The van der Waals surface area contributed by atoms with Gasteiger partial charge < -0.3 is 10.7 Å². The van der Waals surface area contributed by atoms with Crippen molar-refractivity contribution in [1.29, 1.82) is 5.41 Å². The van der Waals surface area contributed by atoms with E-state index in [1.54, 1.807) is 48.5 Å². The van der Waals surface area contributed by atoms with Crippen molar-refractivity contribution in [1.82, 2.24) is 0 Å². The van der Waals surface area contributed by atoms with Gasteiger partial charge in [-0.05, 0) is 24.6 Å². The van der Waals surface area contributed by atoms with E-state index in [2.05, 4.69) is 5.32 Å². The molecule has 0 saturated carbocycles. The number of carbonyl (C=O) groups excluding carboxylic acids is 2. The fourth-order valence-electron chi connectivity index (χ4n) is 2.04. The molecule has 21 heavy (non-hydrogen) atoms. The molecular formula is C17H16N2O2. The van der Waals surface area contributed by atoms with Crippen molar-refractivity contribution in [2.75, 3.05) is 5.32 Å². The van der Waals surface area contributed by atoms with Crippen LogP contribution < -0.4 is 5.32 Å². The number of ketones is 1. The Morgan fingerprint density at radius 3 is 2.00 bits per heavy atom. The molecule has 1 unspecified atom stereocenters. The Morgan fingerprint density at radius 2 is 1.48 bits per heavy atom. The summed E-state index contributed by atoms with van der Waals surface area (Å²) in [6, 6.07) is 17.7. The largest absolute Gasteiger partial charge is 0.325 e. The maximum absolute atomic E-state index is 12.3. The van der Waals surface area contributed by atoms with Crippen molar-refractivity contribution in [2.24, 2.45) is 5.92 Å². The maximum Gasteiger partial charge on any atom is 0.241 e. The predicted molar refractivity (Wildman–Crippen MR) is 82.5 cm³/mol. The van der Waals surface area contributed by atoms with Gasteiger partial charge in [0.1, 0.15) is 11.7 Å². The molecule has 0 aliphatic rings. The minimum atomic E-state index is -1.10. The van der Waals surface area contributed by atoms with Gasteiger partial charge in [0.25, 0.3) is 0 Å². The summed E-state index contributed by atoms with van der Waals surface area (Å²) in [6.07, 6.45) is 0. The minimum Gasteiger partial charge on any atom is -0.325 e. The predicted octanol–water partition coefficient (Wildman–Crippen LogP) is 2.90. The van der Waals surface area contributed by atoms with Crippen molar-refractivity contribution >= 4 is 23.1 Å². The zero-order chi connectivity index (χ0) is 15.2. The SMILES string of the molecule is CC(=O)C(C(=N)c1ccccc1)C(=O)Nc1ccccc1. The summed E-state index contributed by atoms with van der Waals surface area (Å²) in [5.74, 6) is -1.94. The van der Waals surface area contributed by atoms with Crippen molar-refractivity contribution < 1.29 is 9.59 Å². The molecule has 2 rings (SSSR count). The Balaban J connectivity index is 2.21. The van der Waals surface area contributed by atoms with Crippen LogP contribution in [0.4, 0.5) is 5.69 Å². The number of carbonyl (C=O) groups is 2. The highest BCUT2D eigenvalue weighted by molar-refractivity contribution is 6.26. The lowest BCUT2D eigenvalue weighted by Crippen LogP contribution is -2.35. The second-order valence-corrected chi connectivity index (χ2v) is 4.68. The van der Waals surface area contributed by atoms with Gasteiger partial charge in [0.2, 0.25) is 5.91 Å². The molecule has 4 nitrogen and oxygen atoms in total. The fourth-order valence-corrected chi connectivity index (χ4v) is 2.04. The molecule has 2 aromatic rings. The third-order valence-electron chi connectivity index (χ3n) is 3.08. The number of para-hydroxylation sites is 1. The highest BCUT2D eigenvalue weighted by atomic mass is 16.2. The second-order valence-electron chi connectivity index (χ2n) is 4.68. The Morgan fingerprint density at radius 1 is 0.952 bits per heavy atom. The van der Waals surface area contributed by atoms with Gasteiger partial charge in [-0.2, -0.15) is 0 Å². The molecule has 0 spiro atoms. The van der Waals surface area contributed by atoms with Crippen LogP contribution in [0.25, 0.3) is 0 Å². The van der Waals surface area contributed by atoms with Gasteiger partial charge in [-0.15, -0.1) is 0 Å². The number of amides is 1. The van der Waals surface area contributed by atoms with E-state index in [0.717, 1.165) is 0 Å². The van der Waals surface area contributed by atoms with Gasteiger partial charge in [0.05, 0.1) is 5.71 Å². The number of hydrogen-bond acceptors (Lipinski definition) is 3. The summed E-state index contributed by atoms with van der Waals surface area (Å²) in [7, 11) is 0. The number of anilines is 1. The summed E-state index contributed by atoms with van der Waals surface area (Å²) in [6.45, 7) is 1.33. The van der Waals surface area contributed by atoms with Gasteiger partial charge in [-0.25, -0.2) is 0 Å². The first kappa shape index (κ1) is 14.7. The van der Waals surface area contributed by atoms with Crippen LogP contribution in [-0.4, -0.2) is 17.4 Å². The third-order valence-corrected chi connectivity index (χ3v) is 3.08. The van der Waals surface area contributed by atoms with Crippen molar-refractivity contribution in [3.8, 4) is 0 Å². The molecule has 0 aliphatic heterocycles. The summed E-state index contributed by atoms with van der Waals surface area (Å²) in [4.78, 5) is 24.1. The molecule has 2 N–H and O–H groups in total. The van der Waals surface area contributed by atoms with Crippen molar-refractivity contribution in [3.05, 3.63) is 66.2 Å². The molecule has 4 heteroatoms. The normalized spacial score (nSPS) is 11.5. The fraction of sp³-hybridized carbons (Fsp3) is 0.118. The molecule has 2 aromatic carbocycles. The van der Waals surface area contributed by atoms with E-state index >= 15 is 0 Å². The number of hydrogen-bond donors (Lipinski definition) is 2. The Bertz CT molecular complexity index is 651. The Labute approximate surface area is 123 Å². The average Bonchev–Trinajstić information content (AvgIpc) is 2.49. The maximum atomic E-state index is 12.3. The quantitative estimate of drug-likeness (QED) is 0.653. The van der Waals surface area contributed by atoms with Crippen LogP contribution in [0, 0.1) is 11.3 Å². The highest BCUT2D eigenvalue weighted by Gasteiger charge is 2.28. The molecule has 106 valence electrons. The average molecular weight is 280 g/mol. The highest BCUT2D eigenvalue weighted by Crippen LogP contribution is 2.14. The molecule has 1 atom stereocenters. The van der Waals surface area contributed by atoms with Crippen LogP contribution in [0.3, 0.4) is 0 Å². The minimum absolute atomic E-state index is 0.0107. The van der Waals surface area contributed by atoms with E-state index in [1.165, 1.54) is 6.92 Å². The topological polar surface area (TPSA) is 70.0 Å². The molecule has 0 aliphatic carbocycles. The van der Waals surface area contributed by atoms with E-state index in [9.17, 15) is 9.59 Å². The van der Waals surface area contributed by atoms with Gasteiger partial charge in [-0.1, -0.05) is 48.5 Å². The lowest BCUT2D eigenvalue weighted by Gasteiger charge is -2.15. The zero-order valence-electron chi connectivity index (χ0n) is 11.7. The number of nitrogens with one attached hydrogen (secondary N) is 2. The van der Waals surface area contributed by atoms with E-state index in [0.29, 0.717) is 11.3 Å². The number of Topliss-reactive ketones (excluding diaryl/α,β-unsaturated/α-hetero) is 1. The van der Waals surface area contributed by atoms with Crippen LogP contribution in [0.15, 0.2) is 60.7 Å². The molecule has 0 radical (unpaired) electrons. The van der Waals surface area contributed by atoms with Gasteiger partial charge in [-0.3, -0.25) is 9.59 Å². The zero-order valence-corrected chi connectivity index (χ0v) is 11.7. The molecule has 0 saturated heterocycles. The summed E-state index contributed by atoms with van der Waals surface area (Å²) >= 11 is 0. The standard InChI is InChI=1S/C17H16N2O2/c1-12(20)15(16(18)13-8-4-2-5-9-13)17(21)19-14-10-6-3-7-11-14/h2-11,15,18H,1H3,(H,19,21). The van der Waals surface area contributed by atoms with Crippen molar-refractivity contribution in [3.63, 3.8) is 0 Å². The third kappa shape index (κ3) is 3.63. The number of benzene rings is 2. The first-order valence-electron chi connectivity index (χ1n) is 6.60. The summed E-state index contributed by atoms with van der Waals surface area (Å²) in [5.41, 5.74) is 1.19.